The van der Waals surface area contributed by atoms with E-state index in [1.807, 2.05) is 18.7 Å². The van der Waals surface area contributed by atoms with Crippen LogP contribution >= 0.6 is 0 Å². The molecule has 14 heteroatoms. The maximum atomic E-state index is 14.4. The molecular formula is C42H58N2O12. The number of carbonyl (C=O) groups excluding carboxylic acids is 3. The summed E-state index contributed by atoms with van der Waals surface area (Å²) in [5, 5.41) is 60.5. The molecular weight excluding hydrogens is 724 g/mol. The van der Waals surface area contributed by atoms with Crippen molar-refractivity contribution in [3.63, 3.8) is 0 Å². The van der Waals surface area contributed by atoms with Crippen molar-refractivity contribution >= 4 is 34.1 Å². The molecule has 5 bridgehead atoms. The molecule has 0 unspecified atom stereocenters. The maximum absolute atomic E-state index is 14.4. The number of phenols is 3. The van der Waals surface area contributed by atoms with E-state index in [-0.39, 0.29) is 51.0 Å². The number of aliphatic hydroxyl groups excluding tert-OH is 2. The van der Waals surface area contributed by atoms with Gasteiger partial charge >= 0.3 is 11.8 Å². The fourth-order valence-corrected chi connectivity index (χ4v) is 7.61. The van der Waals surface area contributed by atoms with Crippen LogP contribution in [-0.2, 0) is 30.3 Å². The Kier molecular flexibility index (Phi) is 13.9. The molecule has 2 aromatic rings. The van der Waals surface area contributed by atoms with Crippen LogP contribution in [0.15, 0.2) is 36.1 Å². The molecule has 56 heavy (non-hydrogen) atoms. The number of ether oxygens (including phenoxy) is 4. The van der Waals surface area contributed by atoms with Gasteiger partial charge in [0.2, 0.25) is 0 Å². The lowest BCUT2D eigenvalue weighted by Gasteiger charge is -2.38. The van der Waals surface area contributed by atoms with Crippen molar-refractivity contribution in [3.05, 3.63) is 52.8 Å². The van der Waals surface area contributed by atoms with Gasteiger partial charge in [0.05, 0.1) is 41.2 Å². The van der Waals surface area contributed by atoms with Crippen LogP contribution in [0.3, 0.4) is 0 Å². The molecule has 0 saturated carbocycles. The van der Waals surface area contributed by atoms with Crippen LogP contribution in [0.5, 0.6) is 23.0 Å². The number of carbonyl (C=O) groups is 3. The number of ketones is 1. The van der Waals surface area contributed by atoms with E-state index in [9.17, 15) is 39.9 Å². The summed E-state index contributed by atoms with van der Waals surface area (Å²) in [6.07, 6.45) is 3.69. The number of Topliss-reactive ketones (excluding diaryl/α,β-unsaturated/α-hetero) is 1. The molecule has 0 saturated heterocycles. The number of amides is 1. The van der Waals surface area contributed by atoms with Gasteiger partial charge in [0.1, 0.15) is 23.4 Å². The lowest BCUT2D eigenvalue weighted by molar-refractivity contribution is -0.160. The lowest BCUT2D eigenvalue weighted by atomic mass is 9.78. The van der Waals surface area contributed by atoms with Crippen LogP contribution in [0, 0.1) is 30.6 Å². The zero-order valence-corrected chi connectivity index (χ0v) is 34.2. The van der Waals surface area contributed by atoms with Crippen molar-refractivity contribution in [1.29, 1.82) is 0 Å². The van der Waals surface area contributed by atoms with Crippen molar-refractivity contribution in [2.75, 3.05) is 25.5 Å². The van der Waals surface area contributed by atoms with E-state index in [0.29, 0.717) is 13.1 Å². The van der Waals surface area contributed by atoms with E-state index in [4.69, 9.17) is 18.9 Å². The fraction of sp³-hybridized carbons (Fsp3) is 0.548. The molecule has 308 valence electrons. The summed E-state index contributed by atoms with van der Waals surface area (Å²) in [6, 6.07) is 0. The second-order valence-corrected chi connectivity index (χ2v) is 15.1. The van der Waals surface area contributed by atoms with Crippen molar-refractivity contribution in [2.45, 2.75) is 106 Å². The number of benzene rings is 2. The van der Waals surface area contributed by atoms with Crippen LogP contribution < -0.4 is 10.1 Å². The smallest absolute Gasteiger partial charge is 0.312 e. The minimum atomic E-state index is -2.01. The average molecular weight is 783 g/mol. The summed E-state index contributed by atoms with van der Waals surface area (Å²) in [4.78, 5) is 42.3. The summed E-state index contributed by atoms with van der Waals surface area (Å²) in [7, 11) is 1.44. The van der Waals surface area contributed by atoms with Crippen LogP contribution in [0.2, 0.25) is 0 Å². The van der Waals surface area contributed by atoms with Gasteiger partial charge in [0, 0.05) is 73.3 Å². The number of anilines is 1. The summed E-state index contributed by atoms with van der Waals surface area (Å²) in [5.41, 5.74) is 0.117. The van der Waals surface area contributed by atoms with Crippen LogP contribution in [0.1, 0.15) is 83.8 Å². The Hall–Kier alpha value is -4.63. The molecule has 2 aromatic carbocycles. The minimum Gasteiger partial charge on any atom is -0.507 e. The molecule has 5 rings (SSSR count). The highest BCUT2D eigenvalue weighted by molar-refractivity contribution is 6.22. The van der Waals surface area contributed by atoms with Crippen LogP contribution in [-0.4, -0.2) is 98.5 Å². The highest BCUT2D eigenvalue weighted by Crippen LogP contribution is 2.55. The maximum Gasteiger partial charge on any atom is 0.312 e. The average Bonchev–Trinajstić information content (AvgIpc) is 3.43. The Morgan fingerprint density at radius 3 is 2.16 bits per heavy atom. The number of fused-ring (bicyclic) bond motifs is 14. The number of allylic oxidation sites excluding steroid dienone is 2. The van der Waals surface area contributed by atoms with Gasteiger partial charge < -0.3 is 49.8 Å². The number of methoxy groups -OCH3 is 1. The first-order valence-corrected chi connectivity index (χ1v) is 19.0. The normalized spacial score (nSPS) is 31.1. The van der Waals surface area contributed by atoms with Gasteiger partial charge in [-0.1, -0.05) is 59.8 Å². The third-order valence-corrected chi connectivity index (χ3v) is 11.4. The Morgan fingerprint density at radius 1 is 0.929 bits per heavy atom. The van der Waals surface area contributed by atoms with Gasteiger partial charge in [-0.15, -0.1) is 0 Å². The zero-order valence-electron chi connectivity index (χ0n) is 34.2. The first-order valence-electron chi connectivity index (χ1n) is 19.0. The third kappa shape index (κ3) is 8.38. The van der Waals surface area contributed by atoms with E-state index in [1.165, 1.54) is 46.3 Å². The number of phenolic OH excluding ortho intramolecular Hbond substituents is 3. The number of esters is 1. The van der Waals surface area contributed by atoms with E-state index in [0.717, 1.165) is 0 Å². The molecule has 1 amide bonds. The molecule has 0 aromatic heterocycles. The topological polar surface area (TPSA) is 205 Å². The van der Waals surface area contributed by atoms with E-state index < -0.39 is 88.8 Å². The molecule has 0 fully saturated rings. The number of nitrogens with one attached hydrogen (secondary N) is 1. The van der Waals surface area contributed by atoms with Crippen molar-refractivity contribution < 1.29 is 58.9 Å². The largest absolute Gasteiger partial charge is 0.507 e. The number of aromatic hydroxyl groups is 3. The Balaban J connectivity index is 1.98. The van der Waals surface area contributed by atoms with Gasteiger partial charge in [-0.2, -0.15) is 0 Å². The van der Waals surface area contributed by atoms with Crippen molar-refractivity contribution in [1.82, 2.24) is 4.90 Å². The molecule has 3 aliphatic rings. The second kappa shape index (κ2) is 17.7. The van der Waals surface area contributed by atoms with Gasteiger partial charge in [-0.05, 0) is 33.0 Å². The quantitative estimate of drug-likeness (QED) is 0.120. The number of aliphatic hydroxyl groups is 2. The second-order valence-electron chi connectivity index (χ2n) is 15.1. The molecule has 6 N–H and O–H groups in total. The Morgan fingerprint density at radius 2 is 1.57 bits per heavy atom. The van der Waals surface area contributed by atoms with Crippen LogP contribution in [0.4, 0.5) is 5.69 Å². The predicted octanol–water partition coefficient (Wildman–Crippen LogP) is 5.60. The first kappa shape index (κ1) is 44.1. The number of rotatable bonds is 6. The predicted molar refractivity (Wildman–Crippen MR) is 210 cm³/mol. The number of nitrogens with zero attached hydrogens (tertiary/aromatic N) is 1. The monoisotopic (exact) mass is 782 g/mol. The van der Waals surface area contributed by atoms with Gasteiger partial charge in [-0.3, -0.25) is 19.3 Å². The molecule has 14 nitrogen and oxygen atoms in total. The lowest BCUT2D eigenvalue weighted by Crippen LogP contribution is -2.46. The molecule has 3 heterocycles. The van der Waals surface area contributed by atoms with E-state index in [2.05, 4.69) is 5.32 Å². The molecule has 9 atom stereocenters. The summed E-state index contributed by atoms with van der Waals surface area (Å²) < 4.78 is 23.6. The standard InChI is InChI=1S/C42H58N2O12/c1-12-44(13-2)19-27-32-37(50)30-29(36(27)49)31-39(25(8)35(30)48)56-42(10,40(31)51)54-18-17-28(53-11)22(5)38(55-26(9)45)24(7)34(47)23(6)33(46)20(3)15-14-16-21(4)41(52)43-32/h14-18,20,22-24,28,33-34,38,46-50H,12-13,19H2,1-11H3,(H,43,52)/b15-14-,18-17-,21-16-/t20-,22+,23+,24+,28-,33-,34+,38+,42-/m0/s1. The minimum absolute atomic E-state index is 0.0541. The van der Waals surface area contributed by atoms with Crippen molar-refractivity contribution in [3.8, 4) is 23.0 Å². The SMILES string of the molecule is CCN(CC)Cc1c2c(O)c3c(O)c(C)c4c(c3c1O)C(=O)[C@@](C)(O/C=C\[C@H](OC)[C@@H](C)[C@@H](OC(C)=O)[C@H](C)[C@H](O)[C@H](C)[C@@H](O)[C@@H](C)/C=C\C=C(\C)C(=O)N2)O4. The first-order chi connectivity index (χ1) is 26.3. The highest BCUT2D eigenvalue weighted by Gasteiger charge is 2.50. The molecule has 0 spiro atoms. The Bertz CT molecular complexity index is 1920. The molecule has 0 radical (unpaired) electrons. The zero-order chi connectivity index (χ0) is 42.0. The fourth-order valence-electron chi connectivity index (χ4n) is 7.61. The summed E-state index contributed by atoms with van der Waals surface area (Å²) in [5.74, 6) is -7.91. The van der Waals surface area contributed by atoms with E-state index in [1.54, 1.807) is 46.8 Å². The third-order valence-electron chi connectivity index (χ3n) is 11.4. The van der Waals surface area contributed by atoms with Gasteiger partial charge in [0.15, 0.2) is 5.75 Å². The molecule has 3 aliphatic heterocycles. The summed E-state index contributed by atoms with van der Waals surface area (Å²) >= 11 is 0. The van der Waals surface area contributed by atoms with Gasteiger partial charge in [0.25, 0.3) is 11.7 Å². The van der Waals surface area contributed by atoms with E-state index >= 15 is 0 Å². The van der Waals surface area contributed by atoms with Crippen molar-refractivity contribution in [2.24, 2.45) is 23.7 Å². The highest BCUT2D eigenvalue weighted by atomic mass is 16.7. The molecule has 0 aliphatic carbocycles. The van der Waals surface area contributed by atoms with Gasteiger partial charge in [-0.25, -0.2) is 0 Å². The number of hydrogen-bond donors (Lipinski definition) is 6. The van der Waals surface area contributed by atoms with Crippen LogP contribution in [0.25, 0.3) is 10.8 Å². The Labute approximate surface area is 328 Å². The number of hydrogen-bond acceptors (Lipinski definition) is 13. The summed E-state index contributed by atoms with van der Waals surface area (Å²) in [6.45, 7) is 17.6.